The Hall–Kier alpha value is -1.77. The van der Waals surface area contributed by atoms with Gasteiger partial charge in [-0.1, -0.05) is 198 Å². The number of aliphatic hydroxyl groups is 1. The Morgan fingerprint density at radius 2 is 1.00 bits per heavy atom. The summed E-state index contributed by atoms with van der Waals surface area (Å²) in [5.41, 5.74) is 0. The summed E-state index contributed by atoms with van der Waals surface area (Å²) in [4.78, 5) is 34.0. The molecule has 0 saturated carbocycles. The van der Waals surface area contributed by atoms with Gasteiger partial charge in [0.15, 0.2) is 0 Å². The summed E-state index contributed by atoms with van der Waals surface area (Å²) in [6, 6.07) is 0. The number of phosphoric acid groups is 1. The summed E-state index contributed by atoms with van der Waals surface area (Å²) >= 11 is 0. The van der Waals surface area contributed by atoms with Gasteiger partial charge in [0.05, 0.1) is 13.2 Å². The quantitative estimate of drug-likeness (QED) is 0.0239. The molecule has 0 aliphatic rings. The molecule has 0 radical (unpaired) electrons. The number of hydrogen-bond donors (Lipinski definition) is 3. The molecule has 0 aromatic carbocycles. The molecule has 0 aliphatic carbocycles. The van der Waals surface area contributed by atoms with E-state index in [1.165, 1.54) is 128 Å². The number of carbonyl (C=O) groups excluding carboxylic acids is 2. The number of rotatable bonds is 44. The Morgan fingerprint density at radius 1 is 0.561 bits per heavy atom. The van der Waals surface area contributed by atoms with Gasteiger partial charge in [0.2, 0.25) is 5.91 Å². The molecule has 9 nitrogen and oxygen atoms in total. The second-order valence-electron chi connectivity index (χ2n) is 15.7. The zero-order valence-corrected chi connectivity index (χ0v) is 37.7. The maximum atomic E-state index is 12.1. The summed E-state index contributed by atoms with van der Waals surface area (Å²) in [5.74, 6) is -0.520. The van der Waals surface area contributed by atoms with Gasteiger partial charge in [-0.3, -0.25) is 18.6 Å². The fraction of sp³-hybridized carbons (Fsp3) is 0.830. The van der Waals surface area contributed by atoms with E-state index in [2.05, 4.69) is 55.6 Å². The van der Waals surface area contributed by atoms with Crippen molar-refractivity contribution >= 4 is 19.7 Å². The third kappa shape index (κ3) is 45.2. The molecule has 334 valence electrons. The first-order valence-electron chi connectivity index (χ1n) is 23.5. The summed E-state index contributed by atoms with van der Waals surface area (Å²) in [7, 11) is -4.42. The van der Waals surface area contributed by atoms with Crippen LogP contribution in [0.15, 0.2) is 36.5 Å². The Bertz CT molecular complexity index is 1030. The number of carbonyl (C=O) groups is 2. The first-order valence-corrected chi connectivity index (χ1v) is 25.0. The summed E-state index contributed by atoms with van der Waals surface area (Å²) in [5, 5.41) is 12.7. The zero-order chi connectivity index (χ0) is 41.8. The molecule has 0 fully saturated rings. The highest BCUT2D eigenvalue weighted by molar-refractivity contribution is 7.47. The van der Waals surface area contributed by atoms with Gasteiger partial charge in [-0.2, -0.15) is 0 Å². The predicted molar refractivity (Wildman–Crippen MR) is 238 cm³/mol. The van der Waals surface area contributed by atoms with Crippen LogP contribution in [0.5, 0.6) is 0 Å². The second kappa shape index (κ2) is 43.8. The summed E-state index contributed by atoms with van der Waals surface area (Å²) in [6.07, 6.45) is 49.3. The number of aliphatic hydroxyl groups excluding tert-OH is 1. The molecule has 2 unspecified atom stereocenters. The van der Waals surface area contributed by atoms with Crippen molar-refractivity contribution in [3.63, 3.8) is 0 Å². The molecule has 10 heteroatoms. The predicted octanol–water partition coefficient (Wildman–Crippen LogP) is 13.3. The molecule has 0 aromatic rings. The molecule has 0 aromatic heterocycles. The lowest BCUT2D eigenvalue weighted by molar-refractivity contribution is -0.147. The Morgan fingerprint density at radius 3 is 1.51 bits per heavy atom. The van der Waals surface area contributed by atoms with Gasteiger partial charge < -0.3 is 20.1 Å². The fourth-order valence-corrected chi connectivity index (χ4v) is 7.33. The van der Waals surface area contributed by atoms with Crippen molar-refractivity contribution in [2.24, 2.45) is 0 Å². The Kier molecular flexibility index (Phi) is 42.4. The van der Waals surface area contributed by atoms with Crippen LogP contribution >= 0.6 is 7.82 Å². The molecule has 0 bridgehead atoms. The topological polar surface area (TPSA) is 131 Å². The lowest BCUT2D eigenvalue weighted by Gasteiger charge is -2.15. The first-order chi connectivity index (χ1) is 27.8. The third-order valence-corrected chi connectivity index (χ3v) is 11.1. The van der Waals surface area contributed by atoms with Gasteiger partial charge in [-0.15, -0.1) is 0 Å². The van der Waals surface area contributed by atoms with Gasteiger partial charge in [-0.25, -0.2) is 4.57 Å². The van der Waals surface area contributed by atoms with E-state index in [1.54, 1.807) is 0 Å². The van der Waals surface area contributed by atoms with E-state index in [0.717, 1.165) is 64.2 Å². The molecular formula is C47H88NO8P. The van der Waals surface area contributed by atoms with E-state index < -0.39 is 26.5 Å². The van der Waals surface area contributed by atoms with Crippen LogP contribution in [-0.2, 0) is 27.9 Å². The van der Waals surface area contributed by atoms with Crippen LogP contribution in [0.2, 0.25) is 0 Å². The van der Waals surface area contributed by atoms with Crippen LogP contribution in [0.25, 0.3) is 0 Å². The lowest BCUT2D eigenvalue weighted by atomic mass is 10.0. The fourth-order valence-electron chi connectivity index (χ4n) is 6.57. The largest absolute Gasteiger partial charge is 0.472 e. The molecular weight excluding hydrogens is 737 g/mol. The van der Waals surface area contributed by atoms with E-state index in [9.17, 15) is 24.2 Å². The van der Waals surface area contributed by atoms with Crippen LogP contribution in [0.3, 0.4) is 0 Å². The van der Waals surface area contributed by atoms with Crippen molar-refractivity contribution in [1.29, 1.82) is 0 Å². The number of esters is 1. The molecule has 1 amide bonds. The van der Waals surface area contributed by atoms with Crippen molar-refractivity contribution < 1.29 is 37.9 Å². The van der Waals surface area contributed by atoms with Gasteiger partial charge in [0.1, 0.15) is 12.7 Å². The van der Waals surface area contributed by atoms with E-state index in [0.29, 0.717) is 6.42 Å². The molecule has 0 aliphatic heterocycles. The van der Waals surface area contributed by atoms with Gasteiger partial charge in [0.25, 0.3) is 0 Å². The normalized spacial score (nSPS) is 13.5. The van der Waals surface area contributed by atoms with Crippen LogP contribution in [0.1, 0.15) is 219 Å². The van der Waals surface area contributed by atoms with Crippen LogP contribution in [-0.4, -0.2) is 54.3 Å². The van der Waals surface area contributed by atoms with E-state index in [4.69, 9.17) is 13.8 Å². The Balaban J connectivity index is 3.57. The molecule has 0 saturated heterocycles. The highest BCUT2D eigenvalue weighted by atomic mass is 31.2. The number of unbranched alkanes of at least 4 members (excludes halogenated alkanes) is 25. The maximum Gasteiger partial charge on any atom is 0.472 e. The SMILES string of the molecule is CC/C=C\C/C=C\C/C=C\CCCCCCCCCC(=O)NCCOP(=O)(O)OCC(O)COC(=O)CCCCCCCCCCCCCCCCCCCCC. The van der Waals surface area contributed by atoms with Crippen molar-refractivity contribution in [2.45, 2.75) is 225 Å². The van der Waals surface area contributed by atoms with Gasteiger partial charge in [0, 0.05) is 19.4 Å². The van der Waals surface area contributed by atoms with E-state index in [1.807, 2.05) is 0 Å². The maximum absolute atomic E-state index is 12.1. The summed E-state index contributed by atoms with van der Waals surface area (Å²) < 4.78 is 26.9. The highest BCUT2D eigenvalue weighted by Crippen LogP contribution is 2.42. The number of nitrogens with one attached hydrogen (secondary N) is 1. The van der Waals surface area contributed by atoms with Gasteiger partial charge >= 0.3 is 13.8 Å². The number of ether oxygens (including phenoxy) is 1. The lowest BCUT2D eigenvalue weighted by Crippen LogP contribution is -2.27. The summed E-state index contributed by atoms with van der Waals surface area (Å²) in [6.45, 7) is 3.46. The highest BCUT2D eigenvalue weighted by Gasteiger charge is 2.23. The Labute approximate surface area is 350 Å². The number of amides is 1. The zero-order valence-electron chi connectivity index (χ0n) is 36.8. The first kappa shape index (κ1) is 55.2. The van der Waals surface area contributed by atoms with E-state index >= 15 is 0 Å². The molecule has 0 rings (SSSR count). The monoisotopic (exact) mass is 826 g/mol. The third-order valence-electron chi connectivity index (χ3n) is 10.1. The number of hydrogen-bond acceptors (Lipinski definition) is 7. The smallest absolute Gasteiger partial charge is 0.463 e. The average molecular weight is 826 g/mol. The van der Waals surface area contributed by atoms with Crippen molar-refractivity contribution in [3.05, 3.63) is 36.5 Å². The number of phosphoric ester groups is 1. The molecule has 0 heterocycles. The second-order valence-corrected chi connectivity index (χ2v) is 17.2. The van der Waals surface area contributed by atoms with Crippen molar-refractivity contribution in [3.8, 4) is 0 Å². The standard InChI is InChI=1S/C47H88NO8P/c1-3-5-7-9-11-13-15-17-19-21-22-24-26-28-30-32-34-36-38-40-47(51)54-43-45(49)44-56-57(52,53)55-42-41-48-46(50)39-37-35-33-31-29-27-25-23-20-18-16-14-12-10-8-6-4-2/h6,8,12,14,18,20,45,49H,3-5,7,9-11,13,15-17,19,21-44H2,1-2H3,(H,48,50)(H,52,53)/b8-6-,14-12-,20-18-. The minimum Gasteiger partial charge on any atom is -0.463 e. The molecule has 57 heavy (non-hydrogen) atoms. The van der Waals surface area contributed by atoms with Crippen LogP contribution in [0.4, 0.5) is 0 Å². The molecule has 3 N–H and O–H groups in total. The molecule has 2 atom stereocenters. The average Bonchev–Trinajstić information content (AvgIpc) is 3.20. The molecule has 0 spiro atoms. The van der Waals surface area contributed by atoms with Crippen LogP contribution < -0.4 is 5.32 Å². The van der Waals surface area contributed by atoms with Crippen molar-refractivity contribution in [2.75, 3.05) is 26.4 Å². The minimum atomic E-state index is -4.42. The van der Waals surface area contributed by atoms with Crippen molar-refractivity contribution in [1.82, 2.24) is 5.32 Å². The van der Waals surface area contributed by atoms with Gasteiger partial charge in [-0.05, 0) is 44.9 Å². The number of allylic oxidation sites excluding steroid dienone is 6. The van der Waals surface area contributed by atoms with E-state index in [-0.39, 0.29) is 32.1 Å². The minimum absolute atomic E-state index is 0.0768. The van der Waals surface area contributed by atoms with Crippen LogP contribution in [0, 0.1) is 0 Å².